The van der Waals surface area contributed by atoms with Crippen LogP contribution in [0.2, 0.25) is 0 Å². The van der Waals surface area contributed by atoms with Gasteiger partial charge in [-0.3, -0.25) is 0 Å². The largest absolute Gasteiger partial charge is 0.490 e. The molecule has 106 valence electrons. The number of rotatable bonds is 5. The number of ether oxygens (including phenoxy) is 1. The van der Waals surface area contributed by atoms with Crippen LogP contribution in [0.15, 0.2) is 24.3 Å². The van der Waals surface area contributed by atoms with Gasteiger partial charge in [-0.2, -0.15) is 0 Å². The van der Waals surface area contributed by atoms with Gasteiger partial charge in [-0.15, -0.1) is 0 Å². The van der Waals surface area contributed by atoms with Crippen molar-refractivity contribution in [3.05, 3.63) is 29.8 Å². The Morgan fingerprint density at radius 3 is 2.63 bits per heavy atom. The second-order valence-electron chi connectivity index (χ2n) is 6.05. The van der Waals surface area contributed by atoms with Crippen molar-refractivity contribution in [2.45, 2.75) is 58.1 Å². The molecule has 1 aliphatic rings. The predicted molar refractivity (Wildman–Crippen MR) is 80.7 cm³/mol. The molecule has 1 aliphatic carbocycles. The predicted octanol–water partition coefficient (Wildman–Crippen LogP) is 3.79. The summed E-state index contributed by atoms with van der Waals surface area (Å²) in [5.74, 6) is 1.84. The first-order chi connectivity index (χ1) is 9.17. The molecule has 0 heterocycles. The maximum atomic E-state index is 6.10. The number of likely N-dealkylation sites (N-methyl/N-ethyl adjacent to an activating group) is 1. The van der Waals surface area contributed by atoms with Gasteiger partial charge in [0.05, 0.1) is 6.10 Å². The molecule has 2 rings (SSSR count). The Bertz CT molecular complexity index is 373. The molecule has 1 saturated carbocycles. The second kappa shape index (κ2) is 6.95. The van der Waals surface area contributed by atoms with Crippen molar-refractivity contribution >= 4 is 0 Å². The van der Waals surface area contributed by atoms with Crippen molar-refractivity contribution in [2.75, 3.05) is 7.05 Å². The Hall–Kier alpha value is -1.02. The van der Waals surface area contributed by atoms with E-state index in [0.717, 1.165) is 18.1 Å². The fraction of sp³-hybridized carbons (Fsp3) is 0.647. The van der Waals surface area contributed by atoms with Gasteiger partial charge in [0.15, 0.2) is 0 Å². The average molecular weight is 261 g/mol. The highest BCUT2D eigenvalue weighted by Gasteiger charge is 2.20. The van der Waals surface area contributed by atoms with Gasteiger partial charge in [0.2, 0.25) is 0 Å². The van der Waals surface area contributed by atoms with Gasteiger partial charge in [0.1, 0.15) is 5.75 Å². The number of nitrogens with one attached hydrogen (secondary N) is 1. The number of benzene rings is 1. The van der Waals surface area contributed by atoms with E-state index in [9.17, 15) is 0 Å². The summed E-state index contributed by atoms with van der Waals surface area (Å²) in [5.41, 5.74) is 1.37. The van der Waals surface area contributed by atoms with Crippen LogP contribution < -0.4 is 10.1 Å². The van der Waals surface area contributed by atoms with Crippen LogP contribution in [0, 0.1) is 5.92 Å². The van der Waals surface area contributed by atoms with Gasteiger partial charge in [0, 0.05) is 6.04 Å². The van der Waals surface area contributed by atoms with Gasteiger partial charge < -0.3 is 10.1 Å². The number of hydrogen-bond acceptors (Lipinski definition) is 2. The summed E-state index contributed by atoms with van der Waals surface area (Å²) in [5, 5.41) is 3.27. The zero-order valence-electron chi connectivity index (χ0n) is 12.5. The lowest BCUT2D eigenvalue weighted by Crippen LogP contribution is -2.24. The van der Waals surface area contributed by atoms with Crippen molar-refractivity contribution in [3.8, 4) is 5.75 Å². The molecular formula is C17H27NO. The van der Waals surface area contributed by atoms with Crippen molar-refractivity contribution in [1.82, 2.24) is 5.32 Å². The lowest BCUT2D eigenvalue weighted by Gasteiger charge is -2.27. The SMILES string of the molecule is CNC(C)Cc1ccc(OC2CCCC(C)C2)cc1. The Labute approximate surface area is 117 Å². The standard InChI is InChI=1S/C17H27NO/c1-13-5-4-6-17(11-13)19-16-9-7-15(8-10-16)12-14(2)18-3/h7-10,13-14,17-18H,4-6,11-12H2,1-3H3. The van der Waals surface area contributed by atoms with E-state index in [4.69, 9.17) is 4.74 Å². The molecule has 0 aliphatic heterocycles. The lowest BCUT2D eigenvalue weighted by molar-refractivity contribution is 0.129. The van der Waals surface area contributed by atoms with E-state index in [1.54, 1.807) is 0 Å². The minimum atomic E-state index is 0.422. The third-order valence-electron chi connectivity index (χ3n) is 4.15. The summed E-state index contributed by atoms with van der Waals surface area (Å²) in [4.78, 5) is 0. The van der Waals surface area contributed by atoms with Gasteiger partial charge >= 0.3 is 0 Å². The Morgan fingerprint density at radius 1 is 1.26 bits per heavy atom. The van der Waals surface area contributed by atoms with E-state index < -0.39 is 0 Å². The summed E-state index contributed by atoms with van der Waals surface area (Å²) >= 11 is 0. The van der Waals surface area contributed by atoms with Crippen molar-refractivity contribution in [2.24, 2.45) is 5.92 Å². The lowest BCUT2D eigenvalue weighted by atomic mass is 9.89. The minimum absolute atomic E-state index is 0.422. The Balaban J connectivity index is 1.87. The molecule has 0 amide bonds. The highest BCUT2D eigenvalue weighted by molar-refractivity contribution is 5.28. The molecule has 0 radical (unpaired) electrons. The summed E-state index contributed by atoms with van der Waals surface area (Å²) in [6, 6.07) is 9.14. The van der Waals surface area contributed by atoms with Gasteiger partial charge in [0.25, 0.3) is 0 Å². The highest BCUT2D eigenvalue weighted by atomic mass is 16.5. The molecule has 0 saturated heterocycles. The fourth-order valence-corrected chi connectivity index (χ4v) is 2.84. The molecule has 1 N–H and O–H groups in total. The molecule has 3 unspecified atom stereocenters. The smallest absolute Gasteiger partial charge is 0.119 e. The third kappa shape index (κ3) is 4.54. The molecule has 0 aromatic heterocycles. The highest BCUT2D eigenvalue weighted by Crippen LogP contribution is 2.27. The summed E-state index contributed by atoms with van der Waals surface area (Å²) < 4.78 is 6.10. The van der Waals surface area contributed by atoms with Crippen molar-refractivity contribution < 1.29 is 4.74 Å². The van der Waals surface area contributed by atoms with Crippen LogP contribution in [-0.4, -0.2) is 19.2 Å². The van der Waals surface area contributed by atoms with E-state index in [0.29, 0.717) is 12.1 Å². The zero-order valence-corrected chi connectivity index (χ0v) is 12.5. The fourth-order valence-electron chi connectivity index (χ4n) is 2.84. The summed E-state index contributed by atoms with van der Waals surface area (Å²) in [6.45, 7) is 4.53. The second-order valence-corrected chi connectivity index (χ2v) is 6.05. The molecule has 0 spiro atoms. The van der Waals surface area contributed by atoms with Crippen LogP contribution in [0.4, 0.5) is 0 Å². The molecule has 3 atom stereocenters. The molecule has 2 nitrogen and oxygen atoms in total. The van der Waals surface area contributed by atoms with Crippen LogP contribution in [-0.2, 0) is 6.42 Å². The maximum Gasteiger partial charge on any atom is 0.119 e. The topological polar surface area (TPSA) is 21.3 Å². The first kappa shape index (κ1) is 14.4. The summed E-state index contributed by atoms with van der Waals surface area (Å²) in [7, 11) is 2.01. The van der Waals surface area contributed by atoms with E-state index >= 15 is 0 Å². The molecule has 0 bridgehead atoms. The van der Waals surface area contributed by atoms with Crippen molar-refractivity contribution in [1.29, 1.82) is 0 Å². The van der Waals surface area contributed by atoms with E-state index in [2.05, 4.69) is 43.4 Å². The number of hydrogen-bond donors (Lipinski definition) is 1. The Kier molecular flexibility index (Phi) is 5.26. The van der Waals surface area contributed by atoms with Gasteiger partial charge in [-0.05, 0) is 63.3 Å². The first-order valence-electron chi connectivity index (χ1n) is 7.60. The van der Waals surface area contributed by atoms with Crippen LogP contribution in [0.5, 0.6) is 5.75 Å². The zero-order chi connectivity index (χ0) is 13.7. The molecule has 2 heteroatoms. The van der Waals surface area contributed by atoms with Crippen LogP contribution in [0.1, 0.15) is 45.1 Å². The minimum Gasteiger partial charge on any atom is -0.490 e. The average Bonchev–Trinajstić information content (AvgIpc) is 2.41. The molecule has 1 aromatic rings. The third-order valence-corrected chi connectivity index (χ3v) is 4.15. The van der Waals surface area contributed by atoms with E-state index in [1.165, 1.54) is 31.2 Å². The Morgan fingerprint density at radius 2 is 2.00 bits per heavy atom. The monoisotopic (exact) mass is 261 g/mol. The van der Waals surface area contributed by atoms with Crippen molar-refractivity contribution in [3.63, 3.8) is 0 Å². The normalized spacial score (nSPS) is 25.0. The van der Waals surface area contributed by atoms with Gasteiger partial charge in [-0.1, -0.05) is 25.5 Å². The van der Waals surface area contributed by atoms with E-state index in [1.807, 2.05) is 7.05 Å². The molecule has 19 heavy (non-hydrogen) atoms. The molecule has 1 aromatic carbocycles. The van der Waals surface area contributed by atoms with Crippen LogP contribution in [0.3, 0.4) is 0 Å². The van der Waals surface area contributed by atoms with Gasteiger partial charge in [-0.25, -0.2) is 0 Å². The summed E-state index contributed by atoms with van der Waals surface area (Å²) in [6.07, 6.45) is 6.58. The van der Waals surface area contributed by atoms with Crippen LogP contribution >= 0.6 is 0 Å². The molecule has 1 fully saturated rings. The first-order valence-corrected chi connectivity index (χ1v) is 7.60. The quantitative estimate of drug-likeness (QED) is 0.870. The van der Waals surface area contributed by atoms with Crippen LogP contribution in [0.25, 0.3) is 0 Å². The maximum absolute atomic E-state index is 6.10. The van der Waals surface area contributed by atoms with E-state index in [-0.39, 0.29) is 0 Å². The molecular weight excluding hydrogens is 234 g/mol.